The molecule has 5 heteroatoms. The number of fused-ring (bicyclic) bond motifs is 1. The molecule has 120 valence electrons. The van der Waals surface area contributed by atoms with Crippen molar-refractivity contribution in [2.45, 2.75) is 50.9 Å². The number of carbonyl (C=O) groups is 1. The van der Waals surface area contributed by atoms with Crippen molar-refractivity contribution in [2.24, 2.45) is 0 Å². The Morgan fingerprint density at radius 2 is 1.77 bits per heavy atom. The summed E-state index contributed by atoms with van der Waals surface area (Å²) in [6.45, 7) is 3.17. The third-order valence-electron chi connectivity index (χ3n) is 4.85. The average molecular weight is 369 g/mol. The molecular weight excluding hydrogens is 348 g/mol. The van der Waals surface area contributed by atoms with Crippen molar-refractivity contribution >= 4 is 21.9 Å². The molecule has 2 aliphatic rings. The Bertz CT molecular complexity index is 591. The Balaban J connectivity index is 2.16. The van der Waals surface area contributed by atoms with E-state index in [0.717, 1.165) is 41.3 Å². The van der Waals surface area contributed by atoms with E-state index in [2.05, 4.69) is 15.9 Å². The van der Waals surface area contributed by atoms with Gasteiger partial charge in [0.15, 0.2) is 11.5 Å². The Morgan fingerprint density at radius 3 is 2.41 bits per heavy atom. The van der Waals surface area contributed by atoms with Crippen LogP contribution in [0.5, 0.6) is 11.5 Å². The normalized spacial score (nSPS) is 20.3. The predicted octanol–water partition coefficient (Wildman–Crippen LogP) is 4.21. The molecule has 4 nitrogen and oxygen atoms in total. The van der Waals surface area contributed by atoms with Gasteiger partial charge in [-0.3, -0.25) is 4.79 Å². The smallest absolute Gasteiger partial charge is 0.314 e. The first-order valence-electron chi connectivity index (χ1n) is 7.89. The third kappa shape index (κ3) is 2.49. The highest BCUT2D eigenvalue weighted by molar-refractivity contribution is 9.10. The van der Waals surface area contributed by atoms with Crippen LogP contribution in [-0.4, -0.2) is 24.3 Å². The summed E-state index contributed by atoms with van der Waals surface area (Å²) in [4.78, 5) is 12.1. The standard InChI is InChI=1S/C17H21BrO4/c1-11-12(17(16(19)20)6-3-2-4-7-17)10-13(18)15-14(11)21-8-5-9-22-15/h10H,2-9H2,1H3,(H,19,20). The van der Waals surface area contributed by atoms with E-state index < -0.39 is 11.4 Å². The first-order valence-corrected chi connectivity index (χ1v) is 8.68. The summed E-state index contributed by atoms with van der Waals surface area (Å²) in [6.07, 6.45) is 5.24. The molecule has 0 saturated heterocycles. The molecule has 0 unspecified atom stereocenters. The van der Waals surface area contributed by atoms with Crippen molar-refractivity contribution in [1.29, 1.82) is 0 Å². The molecule has 1 heterocycles. The number of benzene rings is 1. The summed E-state index contributed by atoms with van der Waals surface area (Å²) in [5.74, 6) is 0.680. The molecule has 1 fully saturated rings. The van der Waals surface area contributed by atoms with E-state index in [-0.39, 0.29) is 0 Å². The average Bonchev–Trinajstić information content (AvgIpc) is 2.78. The predicted molar refractivity (Wildman–Crippen MR) is 86.9 cm³/mol. The van der Waals surface area contributed by atoms with Gasteiger partial charge in [-0.25, -0.2) is 0 Å². The summed E-state index contributed by atoms with van der Waals surface area (Å²) in [5.41, 5.74) is 0.982. The molecule has 1 saturated carbocycles. The fraction of sp³-hybridized carbons (Fsp3) is 0.588. The highest BCUT2D eigenvalue weighted by Gasteiger charge is 2.43. The summed E-state index contributed by atoms with van der Waals surface area (Å²) in [6, 6.07) is 1.93. The first-order chi connectivity index (χ1) is 10.6. The van der Waals surface area contributed by atoms with Crippen molar-refractivity contribution < 1.29 is 19.4 Å². The van der Waals surface area contributed by atoms with Crippen LogP contribution >= 0.6 is 15.9 Å². The molecule has 1 aliphatic carbocycles. The Morgan fingerprint density at radius 1 is 1.14 bits per heavy atom. The molecule has 0 spiro atoms. The van der Waals surface area contributed by atoms with Crippen molar-refractivity contribution in [3.8, 4) is 11.5 Å². The van der Waals surface area contributed by atoms with E-state index in [1.165, 1.54) is 0 Å². The summed E-state index contributed by atoms with van der Waals surface area (Å²) in [5, 5.41) is 9.93. The van der Waals surface area contributed by atoms with Crippen molar-refractivity contribution in [2.75, 3.05) is 13.2 Å². The van der Waals surface area contributed by atoms with E-state index in [1.807, 2.05) is 13.0 Å². The topological polar surface area (TPSA) is 55.8 Å². The Kier molecular flexibility index (Phi) is 4.35. The second-order valence-electron chi connectivity index (χ2n) is 6.19. The second-order valence-corrected chi connectivity index (χ2v) is 7.04. The van der Waals surface area contributed by atoms with Gasteiger partial charge in [-0.1, -0.05) is 19.3 Å². The molecule has 1 aliphatic heterocycles. The van der Waals surface area contributed by atoms with Gasteiger partial charge in [0.2, 0.25) is 0 Å². The minimum absolute atomic E-state index is 0.601. The zero-order valence-electron chi connectivity index (χ0n) is 12.8. The Hall–Kier alpha value is -1.23. The number of hydrogen-bond acceptors (Lipinski definition) is 3. The zero-order valence-corrected chi connectivity index (χ0v) is 14.4. The van der Waals surface area contributed by atoms with Crippen LogP contribution in [-0.2, 0) is 10.2 Å². The minimum Gasteiger partial charge on any atom is -0.489 e. The maximum absolute atomic E-state index is 12.1. The van der Waals surface area contributed by atoms with Crippen LogP contribution in [0.25, 0.3) is 0 Å². The number of ether oxygens (including phenoxy) is 2. The highest BCUT2D eigenvalue weighted by atomic mass is 79.9. The fourth-order valence-corrected chi connectivity index (χ4v) is 4.19. The molecule has 1 aromatic rings. The molecule has 0 atom stereocenters. The van der Waals surface area contributed by atoms with Gasteiger partial charge in [-0.15, -0.1) is 0 Å². The van der Waals surface area contributed by atoms with Crippen molar-refractivity contribution in [3.63, 3.8) is 0 Å². The molecule has 22 heavy (non-hydrogen) atoms. The number of carboxylic acids is 1. The zero-order chi connectivity index (χ0) is 15.7. The maximum Gasteiger partial charge on any atom is 0.314 e. The number of aliphatic carboxylic acids is 1. The van der Waals surface area contributed by atoms with Crippen LogP contribution in [0, 0.1) is 6.92 Å². The summed E-state index contributed by atoms with van der Waals surface area (Å²) in [7, 11) is 0. The monoisotopic (exact) mass is 368 g/mol. The second kappa shape index (κ2) is 6.11. The van der Waals surface area contributed by atoms with Gasteiger partial charge in [-0.2, -0.15) is 0 Å². The van der Waals surface area contributed by atoms with Crippen LogP contribution in [0.2, 0.25) is 0 Å². The molecule has 0 bridgehead atoms. The van der Waals surface area contributed by atoms with Gasteiger partial charge in [0, 0.05) is 6.42 Å². The van der Waals surface area contributed by atoms with E-state index >= 15 is 0 Å². The van der Waals surface area contributed by atoms with E-state index in [0.29, 0.717) is 37.6 Å². The highest BCUT2D eigenvalue weighted by Crippen LogP contribution is 2.48. The molecule has 0 amide bonds. The molecular formula is C17H21BrO4. The van der Waals surface area contributed by atoms with Crippen LogP contribution in [0.3, 0.4) is 0 Å². The van der Waals surface area contributed by atoms with Crippen LogP contribution in [0.4, 0.5) is 0 Å². The van der Waals surface area contributed by atoms with Crippen molar-refractivity contribution in [3.05, 3.63) is 21.7 Å². The number of rotatable bonds is 2. The summed E-state index contributed by atoms with van der Waals surface area (Å²) >= 11 is 3.54. The van der Waals surface area contributed by atoms with Gasteiger partial charge >= 0.3 is 5.97 Å². The van der Waals surface area contributed by atoms with E-state index in [9.17, 15) is 9.90 Å². The number of halogens is 1. The molecule has 3 rings (SSSR count). The number of carboxylic acid groups (broad SMARTS) is 1. The summed E-state index contributed by atoms with van der Waals surface area (Å²) < 4.78 is 12.4. The van der Waals surface area contributed by atoms with Crippen LogP contribution in [0.1, 0.15) is 49.7 Å². The molecule has 1 aromatic carbocycles. The quantitative estimate of drug-likeness (QED) is 0.849. The lowest BCUT2D eigenvalue weighted by Crippen LogP contribution is -2.38. The molecule has 0 aromatic heterocycles. The van der Waals surface area contributed by atoms with E-state index in [1.54, 1.807) is 0 Å². The Labute approximate surface area is 138 Å². The lowest BCUT2D eigenvalue weighted by atomic mass is 9.68. The van der Waals surface area contributed by atoms with Gasteiger partial charge in [0.05, 0.1) is 23.1 Å². The minimum atomic E-state index is -0.796. The van der Waals surface area contributed by atoms with Gasteiger partial charge in [0.25, 0.3) is 0 Å². The largest absolute Gasteiger partial charge is 0.489 e. The fourth-order valence-electron chi connectivity index (χ4n) is 3.67. The lowest BCUT2D eigenvalue weighted by molar-refractivity contribution is -0.145. The maximum atomic E-state index is 12.1. The van der Waals surface area contributed by atoms with Crippen LogP contribution in [0.15, 0.2) is 10.5 Å². The molecule has 0 radical (unpaired) electrons. The SMILES string of the molecule is Cc1c(C2(C(=O)O)CCCCC2)cc(Br)c2c1OCCCO2. The first kappa shape index (κ1) is 15.7. The number of hydrogen-bond donors (Lipinski definition) is 1. The van der Waals surface area contributed by atoms with Gasteiger partial charge in [0.1, 0.15) is 0 Å². The lowest BCUT2D eigenvalue weighted by Gasteiger charge is -2.35. The van der Waals surface area contributed by atoms with Crippen molar-refractivity contribution in [1.82, 2.24) is 0 Å². The molecule has 1 N–H and O–H groups in total. The van der Waals surface area contributed by atoms with Gasteiger partial charge < -0.3 is 14.6 Å². The third-order valence-corrected chi connectivity index (χ3v) is 5.44. The van der Waals surface area contributed by atoms with E-state index in [4.69, 9.17) is 9.47 Å². The van der Waals surface area contributed by atoms with Crippen LogP contribution < -0.4 is 9.47 Å². The van der Waals surface area contributed by atoms with Gasteiger partial charge in [-0.05, 0) is 52.9 Å².